The lowest BCUT2D eigenvalue weighted by Crippen LogP contribution is -2.11. The van der Waals surface area contributed by atoms with Gasteiger partial charge in [-0.05, 0) is 32.0 Å². The predicted octanol–water partition coefficient (Wildman–Crippen LogP) is 3.27. The predicted molar refractivity (Wildman–Crippen MR) is 85.9 cm³/mol. The number of nitrogens with zero attached hydrogens (tertiary/aromatic N) is 3. The quantitative estimate of drug-likeness (QED) is 0.825. The Morgan fingerprint density at radius 2 is 2.14 bits per heavy atom. The van der Waals surface area contributed by atoms with E-state index in [9.17, 15) is 0 Å². The van der Waals surface area contributed by atoms with E-state index in [1.807, 2.05) is 18.2 Å². The molecular formula is C14H19ClN4OS. The van der Waals surface area contributed by atoms with Gasteiger partial charge in [-0.25, -0.2) is 0 Å². The molecule has 1 heterocycles. The monoisotopic (exact) mass is 326 g/mol. The van der Waals surface area contributed by atoms with Crippen molar-refractivity contribution < 1.29 is 4.74 Å². The highest BCUT2D eigenvalue weighted by Gasteiger charge is 2.15. The van der Waals surface area contributed by atoms with Crippen molar-refractivity contribution in [3.8, 4) is 5.75 Å². The highest BCUT2D eigenvalue weighted by molar-refractivity contribution is 7.98. The lowest BCUT2D eigenvalue weighted by atomic mass is 10.2. The van der Waals surface area contributed by atoms with Crippen LogP contribution in [0, 0.1) is 0 Å². The summed E-state index contributed by atoms with van der Waals surface area (Å²) >= 11 is 7.65. The number of rotatable bonds is 6. The van der Waals surface area contributed by atoms with E-state index in [-0.39, 0.29) is 6.04 Å². The highest BCUT2D eigenvalue weighted by Crippen LogP contribution is 2.30. The van der Waals surface area contributed by atoms with Gasteiger partial charge in [0, 0.05) is 22.4 Å². The summed E-state index contributed by atoms with van der Waals surface area (Å²) in [5.41, 5.74) is 6.73. The minimum atomic E-state index is 0.266. The molecule has 2 rings (SSSR count). The van der Waals surface area contributed by atoms with Crippen molar-refractivity contribution in [3.05, 3.63) is 34.6 Å². The van der Waals surface area contributed by atoms with Gasteiger partial charge in [0.25, 0.3) is 0 Å². The molecular weight excluding hydrogens is 308 g/mol. The number of halogens is 1. The number of benzene rings is 1. The molecule has 0 spiro atoms. The van der Waals surface area contributed by atoms with Crippen molar-refractivity contribution in [1.29, 1.82) is 0 Å². The largest absolute Gasteiger partial charge is 0.496 e. The van der Waals surface area contributed by atoms with Crippen molar-refractivity contribution >= 4 is 23.4 Å². The third-order valence-corrected chi connectivity index (χ3v) is 4.26. The summed E-state index contributed by atoms with van der Waals surface area (Å²) in [6.07, 6.45) is 0. The van der Waals surface area contributed by atoms with E-state index in [1.54, 1.807) is 18.9 Å². The Bertz CT molecular complexity index is 615. The molecule has 21 heavy (non-hydrogen) atoms. The van der Waals surface area contributed by atoms with Crippen LogP contribution < -0.4 is 10.5 Å². The average molecular weight is 327 g/mol. The minimum Gasteiger partial charge on any atom is -0.496 e. The molecule has 0 atom stereocenters. The van der Waals surface area contributed by atoms with Crippen LogP contribution in [0.5, 0.6) is 5.75 Å². The zero-order valence-corrected chi connectivity index (χ0v) is 13.9. The molecule has 2 aromatic rings. The van der Waals surface area contributed by atoms with Gasteiger partial charge in [-0.1, -0.05) is 23.4 Å². The van der Waals surface area contributed by atoms with Crippen LogP contribution in [0.25, 0.3) is 0 Å². The topological polar surface area (TPSA) is 66.0 Å². The molecule has 0 fully saturated rings. The maximum Gasteiger partial charge on any atom is 0.191 e. The van der Waals surface area contributed by atoms with E-state index in [1.165, 1.54) is 0 Å². The Balaban J connectivity index is 2.21. The van der Waals surface area contributed by atoms with E-state index in [0.717, 1.165) is 22.3 Å². The van der Waals surface area contributed by atoms with Gasteiger partial charge in [0.1, 0.15) is 11.6 Å². The summed E-state index contributed by atoms with van der Waals surface area (Å²) in [4.78, 5) is 0. The van der Waals surface area contributed by atoms with Crippen LogP contribution in [0.3, 0.4) is 0 Å². The third-order valence-electron chi connectivity index (χ3n) is 3.03. The minimum absolute atomic E-state index is 0.266. The van der Waals surface area contributed by atoms with Crippen LogP contribution in [0.4, 0.5) is 0 Å². The maximum absolute atomic E-state index is 6.05. The Morgan fingerprint density at radius 3 is 2.76 bits per heavy atom. The second kappa shape index (κ2) is 7.15. The van der Waals surface area contributed by atoms with Crippen LogP contribution in [-0.2, 0) is 12.3 Å². The Hall–Kier alpha value is -1.24. The molecule has 0 aliphatic rings. The molecule has 0 radical (unpaired) electrons. The molecule has 0 amide bonds. The van der Waals surface area contributed by atoms with Crippen LogP contribution >= 0.6 is 23.4 Å². The SMILES string of the molecule is COc1ccc(Cl)cc1CSc1nnc(CN)n1C(C)C. The first-order valence-corrected chi connectivity index (χ1v) is 8.02. The van der Waals surface area contributed by atoms with E-state index < -0.39 is 0 Å². The first-order chi connectivity index (χ1) is 10.1. The number of methoxy groups -OCH3 is 1. The molecule has 5 nitrogen and oxygen atoms in total. The molecule has 0 saturated carbocycles. The van der Waals surface area contributed by atoms with Gasteiger partial charge in [-0.2, -0.15) is 0 Å². The van der Waals surface area contributed by atoms with Crippen LogP contribution in [0.15, 0.2) is 23.4 Å². The molecule has 2 N–H and O–H groups in total. The second-order valence-electron chi connectivity index (χ2n) is 4.81. The van der Waals surface area contributed by atoms with Gasteiger partial charge in [0.05, 0.1) is 13.7 Å². The molecule has 1 aromatic heterocycles. The fraction of sp³-hybridized carbons (Fsp3) is 0.429. The summed E-state index contributed by atoms with van der Waals surface area (Å²) in [5.74, 6) is 2.33. The van der Waals surface area contributed by atoms with Crippen molar-refractivity contribution in [2.45, 2.75) is 37.3 Å². The van der Waals surface area contributed by atoms with Gasteiger partial charge in [-0.3, -0.25) is 0 Å². The van der Waals surface area contributed by atoms with Crippen LogP contribution in [0.1, 0.15) is 31.3 Å². The maximum atomic E-state index is 6.05. The summed E-state index contributed by atoms with van der Waals surface area (Å²) in [6, 6.07) is 5.86. The van der Waals surface area contributed by atoms with E-state index >= 15 is 0 Å². The third kappa shape index (κ3) is 3.70. The first-order valence-electron chi connectivity index (χ1n) is 6.65. The smallest absolute Gasteiger partial charge is 0.191 e. The van der Waals surface area contributed by atoms with Crippen molar-refractivity contribution in [2.24, 2.45) is 5.73 Å². The van der Waals surface area contributed by atoms with E-state index in [4.69, 9.17) is 22.1 Å². The van der Waals surface area contributed by atoms with Crippen molar-refractivity contribution in [1.82, 2.24) is 14.8 Å². The summed E-state index contributed by atoms with van der Waals surface area (Å²) in [7, 11) is 1.65. The normalized spacial score (nSPS) is 11.1. The fourth-order valence-electron chi connectivity index (χ4n) is 2.07. The molecule has 0 aliphatic carbocycles. The summed E-state index contributed by atoms with van der Waals surface area (Å²) in [6.45, 7) is 4.56. The van der Waals surface area contributed by atoms with Crippen LogP contribution in [0.2, 0.25) is 5.02 Å². The molecule has 1 aromatic carbocycles. The molecule has 0 aliphatic heterocycles. The molecule has 114 valence electrons. The fourth-order valence-corrected chi connectivity index (χ4v) is 3.32. The van der Waals surface area contributed by atoms with Crippen molar-refractivity contribution in [3.63, 3.8) is 0 Å². The molecule has 0 unspecified atom stereocenters. The summed E-state index contributed by atoms with van der Waals surface area (Å²) < 4.78 is 7.42. The number of hydrogen-bond donors (Lipinski definition) is 1. The van der Waals surface area contributed by atoms with Crippen molar-refractivity contribution in [2.75, 3.05) is 7.11 Å². The number of thioether (sulfide) groups is 1. The van der Waals surface area contributed by atoms with Crippen LogP contribution in [-0.4, -0.2) is 21.9 Å². The lowest BCUT2D eigenvalue weighted by Gasteiger charge is -2.13. The standard InChI is InChI=1S/C14H19ClN4OS/c1-9(2)19-13(7-16)17-18-14(19)21-8-10-6-11(15)4-5-12(10)20-3/h4-6,9H,7-8,16H2,1-3H3. The molecule has 7 heteroatoms. The second-order valence-corrected chi connectivity index (χ2v) is 6.19. The van der Waals surface area contributed by atoms with Gasteiger partial charge in [-0.15, -0.1) is 10.2 Å². The number of ether oxygens (including phenoxy) is 1. The Morgan fingerprint density at radius 1 is 1.38 bits per heavy atom. The zero-order valence-electron chi connectivity index (χ0n) is 12.3. The van der Waals surface area contributed by atoms with Gasteiger partial charge < -0.3 is 15.0 Å². The number of hydrogen-bond acceptors (Lipinski definition) is 5. The lowest BCUT2D eigenvalue weighted by molar-refractivity contribution is 0.411. The zero-order chi connectivity index (χ0) is 15.4. The van der Waals surface area contributed by atoms with E-state index in [2.05, 4.69) is 28.6 Å². The Labute approximate surface area is 133 Å². The summed E-state index contributed by atoms with van der Waals surface area (Å²) in [5, 5.41) is 9.91. The first kappa shape index (κ1) is 16.1. The molecule has 0 saturated heterocycles. The Kier molecular flexibility index (Phi) is 5.50. The van der Waals surface area contributed by atoms with Gasteiger partial charge in [0.2, 0.25) is 0 Å². The van der Waals surface area contributed by atoms with Gasteiger partial charge in [0.15, 0.2) is 5.16 Å². The average Bonchev–Trinajstić information content (AvgIpc) is 2.88. The van der Waals surface area contributed by atoms with E-state index in [0.29, 0.717) is 17.3 Å². The van der Waals surface area contributed by atoms with Gasteiger partial charge >= 0.3 is 0 Å². The molecule has 0 bridgehead atoms. The number of aromatic nitrogens is 3. The highest BCUT2D eigenvalue weighted by atomic mass is 35.5. The number of nitrogens with two attached hydrogens (primary N) is 1.